The molecule has 2 amide bonds. The second-order valence-corrected chi connectivity index (χ2v) is 3.15. The van der Waals surface area contributed by atoms with Crippen LogP contribution in [0.1, 0.15) is 13.3 Å². The summed E-state index contributed by atoms with van der Waals surface area (Å²) in [5.74, 6) is -0.471. The largest absolute Gasteiger partial charge is 0.399 e. The van der Waals surface area contributed by atoms with Gasteiger partial charge in [0, 0.05) is 17.9 Å². The third-order valence-corrected chi connectivity index (χ3v) is 1.71. The van der Waals surface area contributed by atoms with Gasteiger partial charge >= 0.3 is 6.03 Å². The molecule has 0 unspecified atom stereocenters. The lowest BCUT2D eigenvalue weighted by molar-refractivity contribution is 0.252. The maximum atomic E-state index is 12.9. The van der Waals surface area contributed by atoms with Crippen molar-refractivity contribution in [1.82, 2.24) is 5.32 Å². The van der Waals surface area contributed by atoms with Crippen molar-refractivity contribution >= 4 is 17.4 Å². The van der Waals surface area contributed by atoms with Crippen LogP contribution in [0.5, 0.6) is 0 Å². The smallest absolute Gasteiger partial charge is 0.319 e. The Balaban J connectivity index is 2.60. The fourth-order valence-corrected chi connectivity index (χ4v) is 1.10. The van der Waals surface area contributed by atoms with E-state index >= 15 is 0 Å². The molecule has 1 aromatic rings. The van der Waals surface area contributed by atoms with Gasteiger partial charge in [0.25, 0.3) is 0 Å². The fraction of sp³-hybridized carbons (Fsp3) is 0.300. The third-order valence-electron chi connectivity index (χ3n) is 1.71. The van der Waals surface area contributed by atoms with E-state index in [1.807, 2.05) is 6.92 Å². The number of hydrogen-bond donors (Lipinski definition) is 3. The number of amides is 2. The molecule has 0 spiro atoms. The quantitative estimate of drug-likeness (QED) is 0.669. The maximum absolute atomic E-state index is 12.9. The first-order chi connectivity index (χ1) is 7.11. The van der Waals surface area contributed by atoms with Crippen molar-refractivity contribution in [1.29, 1.82) is 0 Å². The molecule has 0 atom stereocenters. The Bertz CT molecular complexity index is 334. The Morgan fingerprint density at radius 2 is 2.20 bits per heavy atom. The Morgan fingerprint density at radius 1 is 1.47 bits per heavy atom. The molecule has 1 aromatic carbocycles. The summed E-state index contributed by atoms with van der Waals surface area (Å²) >= 11 is 0. The van der Waals surface area contributed by atoms with Gasteiger partial charge < -0.3 is 16.4 Å². The van der Waals surface area contributed by atoms with E-state index in [1.165, 1.54) is 18.2 Å². The van der Waals surface area contributed by atoms with E-state index in [2.05, 4.69) is 10.6 Å². The molecular weight excluding hydrogens is 197 g/mol. The van der Waals surface area contributed by atoms with Crippen LogP contribution in [0.2, 0.25) is 0 Å². The lowest BCUT2D eigenvalue weighted by atomic mass is 10.3. The Kier molecular flexibility index (Phi) is 3.91. The van der Waals surface area contributed by atoms with E-state index in [4.69, 9.17) is 5.73 Å². The number of nitrogens with one attached hydrogen (secondary N) is 2. The highest BCUT2D eigenvalue weighted by molar-refractivity contribution is 5.89. The molecule has 0 aromatic heterocycles. The van der Waals surface area contributed by atoms with Gasteiger partial charge in [0.05, 0.1) is 0 Å². The molecule has 0 aliphatic carbocycles. The van der Waals surface area contributed by atoms with Gasteiger partial charge in [-0.2, -0.15) is 0 Å². The third kappa shape index (κ3) is 3.84. The summed E-state index contributed by atoms with van der Waals surface area (Å²) in [6.45, 7) is 2.52. The average molecular weight is 211 g/mol. The van der Waals surface area contributed by atoms with Crippen molar-refractivity contribution in [3.63, 3.8) is 0 Å². The molecule has 82 valence electrons. The van der Waals surface area contributed by atoms with Crippen LogP contribution in [-0.2, 0) is 0 Å². The summed E-state index contributed by atoms with van der Waals surface area (Å²) in [4.78, 5) is 11.2. The summed E-state index contributed by atoms with van der Waals surface area (Å²) in [5.41, 5.74) is 6.05. The molecule has 0 bridgehead atoms. The van der Waals surface area contributed by atoms with Gasteiger partial charge in [-0.05, 0) is 24.6 Å². The highest BCUT2D eigenvalue weighted by atomic mass is 19.1. The minimum absolute atomic E-state index is 0.279. The van der Waals surface area contributed by atoms with E-state index < -0.39 is 5.82 Å². The predicted molar refractivity (Wildman–Crippen MR) is 58.1 cm³/mol. The average Bonchev–Trinajstić information content (AvgIpc) is 2.13. The van der Waals surface area contributed by atoms with Crippen molar-refractivity contribution in [3.05, 3.63) is 24.0 Å². The highest BCUT2D eigenvalue weighted by Gasteiger charge is 2.02. The number of carbonyl (C=O) groups excluding carboxylic acids is 1. The van der Waals surface area contributed by atoms with Crippen LogP contribution in [0.4, 0.5) is 20.6 Å². The van der Waals surface area contributed by atoms with Crippen molar-refractivity contribution in [2.24, 2.45) is 0 Å². The number of nitrogens with two attached hydrogens (primary N) is 1. The minimum Gasteiger partial charge on any atom is -0.399 e. The molecule has 0 fully saturated rings. The first kappa shape index (κ1) is 11.3. The van der Waals surface area contributed by atoms with Crippen molar-refractivity contribution in [3.8, 4) is 0 Å². The lowest BCUT2D eigenvalue weighted by Crippen LogP contribution is -2.29. The number of anilines is 2. The van der Waals surface area contributed by atoms with Crippen LogP contribution in [0.25, 0.3) is 0 Å². The zero-order valence-corrected chi connectivity index (χ0v) is 8.51. The van der Waals surface area contributed by atoms with Gasteiger partial charge in [0.1, 0.15) is 5.82 Å². The first-order valence-electron chi connectivity index (χ1n) is 4.72. The SMILES string of the molecule is CCCNC(=O)Nc1cc(N)cc(F)c1. The molecule has 0 radical (unpaired) electrons. The molecule has 0 aliphatic rings. The highest BCUT2D eigenvalue weighted by Crippen LogP contribution is 2.14. The molecule has 0 aliphatic heterocycles. The number of rotatable bonds is 3. The number of benzene rings is 1. The fourth-order valence-electron chi connectivity index (χ4n) is 1.10. The van der Waals surface area contributed by atoms with E-state index in [1.54, 1.807) is 0 Å². The monoisotopic (exact) mass is 211 g/mol. The molecule has 0 heterocycles. The maximum Gasteiger partial charge on any atom is 0.319 e. The molecule has 15 heavy (non-hydrogen) atoms. The van der Waals surface area contributed by atoms with Crippen LogP contribution >= 0.6 is 0 Å². The van der Waals surface area contributed by atoms with E-state index in [0.29, 0.717) is 12.2 Å². The van der Waals surface area contributed by atoms with Crippen LogP contribution in [0.15, 0.2) is 18.2 Å². The number of carbonyl (C=O) groups is 1. The van der Waals surface area contributed by atoms with Crippen molar-refractivity contribution < 1.29 is 9.18 Å². The van der Waals surface area contributed by atoms with Gasteiger partial charge in [-0.3, -0.25) is 0 Å². The summed E-state index contributed by atoms with van der Waals surface area (Å²) in [5, 5.41) is 5.09. The number of halogens is 1. The van der Waals surface area contributed by atoms with E-state index in [-0.39, 0.29) is 11.7 Å². The van der Waals surface area contributed by atoms with Crippen LogP contribution in [0, 0.1) is 5.82 Å². The lowest BCUT2D eigenvalue weighted by Gasteiger charge is -2.07. The molecule has 0 saturated carbocycles. The second kappa shape index (κ2) is 5.19. The Hall–Kier alpha value is -1.78. The Morgan fingerprint density at radius 3 is 2.80 bits per heavy atom. The van der Waals surface area contributed by atoms with Gasteiger partial charge in [0.2, 0.25) is 0 Å². The van der Waals surface area contributed by atoms with E-state index in [0.717, 1.165) is 6.42 Å². The molecule has 4 N–H and O–H groups in total. The van der Waals surface area contributed by atoms with Gasteiger partial charge in [-0.15, -0.1) is 0 Å². The van der Waals surface area contributed by atoms with Crippen LogP contribution < -0.4 is 16.4 Å². The number of hydrogen-bond acceptors (Lipinski definition) is 2. The number of urea groups is 1. The topological polar surface area (TPSA) is 67.2 Å². The van der Waals surface area contributed by atoms with E-state index in [9.17, 15) is 9.18 Å². The Labute approximate surface area is 87.7 Å². The summed E-state index contributed by atoms with van der Waals surface area (Å²) in [7, 11) is 0. The molecular formula is C10H14FN3O. The zero-order valence-electron chi connectivity index (χ0n) is 8.51. The van der Waals surface area contributed by atoms with Crippen LogP contribution in [-0.4, -0.2) is 12.6 Å². The first-order valence-corrected chi connectivity index (χ1v) is 4.72. The molecule has 4 nitrogen and oxygen atoms in total. The second-order valence-electron chi connectivity index (χ2n) is 3.15. The van der Waals surface area contributed by atoms with Crippen molar-refractivity contribution in [2.45, 2.75) is 13.3 Å². The normalized spacial score (nSPS) is 9.73. The molecule has 5 heteroatoms. The summed E-state index contributed by atoms with van der Waals surface area (Å²) in [6.07, 6.45) is 0.846. The van der Waals surface area contributed by atoms with Gasteiger partial charge in [0.15, 0.2) is 0 Å². The molecule has 1 rings (SSSR count). The zero-order chi connectivity index (χ0) is 11.3. The molecule has 0 saturated heterocycles. The van der Waals surface area contributed by atoms with Crippen molar-refractivity contribution in [2.75, 3.05) is 17.6 Å². The van der Waals surface area contributed by atoms with Crippen LogP contribution in [0.3, 0.4) is 0 Å². The predicted octanol–water partition coefficient (Wildman–Crippen LogP) is 1.94. The van der Waals surface area contributed by atoms with Gasteiger partial charge in [-0.1, -0.05) is 6.92 Å². The number of nitrogen functional groups attached to an aromatic ring is 1. The summed E-state index contributed by atoms with van der Waals surface area (Å²) in [6, 6.07) is 3.54. The summed E-state index contributed by atoms with van der Waals surface area (Å²) < 4.78 is 12.9. The van der Waals surface area contributed by atoms with Gasteiger partial charge in [-0.25, -0.2) is 9.18 Å². The standard InChI is InChI=1S/C10H14FN3O/c1-2-3-13-10(15)14-9-5-7(11)4-8(12)6-9/h4-6H,2-3,12H2,1H3,(H2,13,14,15). The minimum atomic E-state index is -0.471.